The number of fused-ring (bicyclic) bond motifs is 1. The molecule has 14 heteroatoms. The average molecular weight is 603 g/mol. The number of ether oxygens (including phenoxy) is 1. The monoisotopic (exact) mass is 602 g/mol. The van der Waals surface area contributed by atoms with Crippen molar-refractivity contribution in [2.75, 3.05) is 17.7 Å². The number of rotatable bonds is 10. The second-order valence-electron chi connectivity index (χ2n) is 11.0. The van der Waals surface area contributed by atoms with Crippen LogP contribution in [0.15, 0.2) is 48.8 Å². The molecule has 2 amide bonds. The third-order valence-electron chi connectivity index (χ3n) is 6.23. The Kier molecular flexibility index (Phi) is 9.26. The Morgan fingerprint density at radius 2 is 1.48 bits per heavy atom. The van der Waals surface area contributed by atoms with E-state index < -0.39 is 56.2 Å². The standard InChI is InChI=1S/C28H30F4N6O3Si/c1-42(2,3)5-4-41-16-38-25-23(12-35-38)26(33)34-13-24(25)36-27(39)28(40)37(14-17-6-19(29)10-20(30)7-17)15-18-8-21(31)11-22(32)9-18/h6-13H,4-5,14-16H2,1-3H3,(H2,33,34)(H,36,39). The Balaban J connectivity index is 1.60. The minimum atomic E-state index is -1.33. The first kappa shape index (κ1) is 30.7. The van der Waals surface area contributed by atoms with Gasteiger partial charge >= 0.3 is 11.8 Å². The normalized spacial score (nSPS) is 11.6. The lowest BCUT2D eigenvalue weighted by molar-refractivity contribution is -0.144. The molecule has 0 unspecified atom stereocenters. The topological polar surface area (TPSA) is 115 Å². The minimum absolute atomic E-state index is 0.0237. The molecule has 0 fully saturated rings. The van der Waals surface area contributed by atoms with Gasteiger partial charge in [-0.15, -0.1) is 0 Å². The molecule has 0 atom stereocenters. The zero-order chi connectivity index (χ0) is 30.6. The summed E-state index contributed by atoms with van der Waals surface area (Å²) >= 11 is 0. The van der Waals surface area contributed by atoms with Gasteiger partial charge in [-0.25, -0.2) is 27.2 Å². The number of amides is 2. The van der Waals surface area contributed by atoms with Gasteiger partial charge in [-0.3, -0.25) is 9.59 Å². The number of pyridine rings is 1. The van der Waals surface area contributed by atoms with Crippen molar-refractivity contribution in [3.8, 4) is 0 Å². The van der Waals surface area contributed by atoms with E-state index >= 15 is 0 Å². The van der Waals surface area contributed by atoms with Crippen LogP contribution < -0.4 is 11.1 Å². The Hall–Kier alpha value is -4.30. The van der Waals surface area contributed by atoms with Crippen LogP contribution in [0.2, 0.25) is 25.7 Å². The molecule has 9 nitrogen and oxygen atoms in total. The van der Waals surface area contributed by atoms with E-state index in [-0.39, 0.29) is 29.4 Å². The first-order valence-corrected chi connectivity index (χ1v) is 16.7. The van der Waals surface area contributed by atoms with Gasteiger partial charge in [-0.2, -0.15) is 5.10 Å². The second kappa shape index (κ2) is 12.7. The molecule has 4 aromatic rings. The van der Waals surface area contributed by atoms with Crippen molar-refractivity contribution in [2.45, 2.75) is 45.5 Å². The lowest BCUT2D eigenvalue weighted by atomic mass is 10.1. The number of anilines is 2. The Bertz CT molecular complexity index is 1530. The van der Waals surface area contributed by atoms with Crippen molar-refractivity contribution in [2.24, 2.45) is 0 Å². The molecule has 222 valence electrons. The number of nitrogens with zero attached hydrogens (tertiary/aromatic N) is 4. The molecule has 2 aromatic carbocycles. The zero-order valence-electron chi connectivity index (χ0n) is 23.3. The fourth-order valence-electron chi connectivity index (χ4n) is 4.20. The fourth-order valence-corrected chi connectivity index (χ4v) is 4.96. The van der Waals surface area contributed by atoms with Crippen LogP contribution in [0.1, 0.15) is 11.1 Å². The summed E-state index contributed by atoms with van der Waals surface area (Å²) in [6, 6.07) is 6.18. The summed E-state index contributed by atoms with van der Waals surface area (Å²) in [6.07, 6.45) is 2.72. The summed E-state index contributed by atoms with van der Waals surface area (Å²) in [5.74, 6) is -5.70. The maximum absolute atomic E-state index is 13.9. The van der Waals surface area contributed by atoms with E-state index in [1.165, 1.54) is 17.1 Å². The quantitative estimate of drug-likeness (QED) is 0.114. The highest BCUT2D eigenvalue weighted by Crippen LogP contribution is 2.27. The summed E-state index contributed by atoms with van der Waals surface area (Å²) in [5, 5.41) is 7.19. The van der Waals surface area contributed by atoms with Gasteiger partial charge in [0.2, 0.25) is 0 Å². The molecule has 4 rings (SSSR count). The molecular weight excluding hydrogens is 572 g/mol. The predicted molar refractivity (Wildman–Crippen MR) is 152 cm³/mol. The van der Waals surface area contributed by atoms with E-state index in [1.807, 2.05) is 0 Å². The minimum Gasteiger partial charge on any atom is -0.383 e. The molecule has 0 bridgehead atoms. The molecule has 2 aromatic heterocycles. The average Bonchev–Trinajstić information content (AvgIpc) is 3.31. The van der Waals surface area contributed by atoms with Crippen LogP contribution in [-0.2, 0) is 34.1 Å². The number of nitrogens with one attached hydrogen (secondary N) is 1. The maximum atomic E-state index is 13.9. The Morgan fingerprint density at radius 3 is 2.00 bits per heavy atom. The molecular formula is C28H30F4N6O3Si. The summed E-state index contributed by atoms with van der Waals surface area (Å²) in [7, 11) is -1.33. The number of carbonyl (C=O) groups excluding carboxylic acids is 2. The molecule has 0 spiro atoms. The van der Waals surface area contributed by atoms with Crippen LogP contribution in [-0.4, -0.2) is 46.2 Å². The lowest BCUT2D eigenvalue weighted by Crippen LogP contribution is -2.39. The maximum Gasteiger partial charge on any atom is 0.314 e. The van der Waals surface area contributed by atoms with Crippen molar-refractivity contribution in [3.63, 3.8) is 0 Å². The lowest BCUT2D eigenvalue weighted by Gasteiger charge is -2.23. The van der Waals surface area contributed by atoms with E-state index in [1.54, 1.807) is 0 Å². The van der Waals surface area contributed by atoms with Gasteiger partial charge in [0, 0.05) is 39.9 Å². The molecule has 0 aliphatic carbocycles. The van der Waals surface area contributed by atoms with Crippen molar-refractivity contribution < 1.29 is 31.9 Å². The van der Waals surface area contributed by atoms with Crippen LogP contribution >= 0.6 is 0 Å². The van der Waals surface area contributed by atoms with Crippen LogP contribution in [0.3, 0.4) is 0 Å². The van der Waals surface area contributed by atoms with Gasteiger partial charge < -0.3 is 20.7 Å². The molecule has 3 N–H and O–H groups in total. The van der Waals surface area contributed by atoms with Crippen molar-refractivity contribution in [3.05, 3.63) is 83.2 Å². The van der Waals surface area contributed by atoms with Gasteiger partial charge in [0.15, 0.2) is 0 Å². The number of halogens is 4. The summed E-state index contributed by atoms with van der Waals surface area (Å²) in [4.78, 5) is 31.6. The summed E-state index contributed by atoms with van der Waals surface area (Å²) in [6.45, 7) is 6.35. The number of benzene rings is 2. The van der Waals surface area contributed by atoms with Gasteiger partial charge in [0.05, 0.1) is 29.0 Å². The zero-order valence-corrected chi connectivity index (χ0v) is 24.3. The highest BCUT2D eigenvalue weighted by molar-refractivity contribution is 6.76. The van der Waals surface area contributed by atoms with Gasteiger partial charge in [0.25, 0.3) is 0 Å². The number of nitrogen functional groups attached to an aromatic ring is 1. The largest absolute Gasteiger partial charge is 0.383 e. The number of carbonyl (C=O) groups is 2. The second-order valence-corrected chi connectivity index (χ2v) is 16.6. The third kappa shape index (κ3) is 7.91. The number of hydrogen-bond acceptors (Lipinski definition) is 6. The van der Waals surface area contributed by atoms with Crippen LogP contribution in [0.25, 0.3) is 10.9 Å². The van der Waals surface area contributed by atoms with Crippen molar-refractivity contribution in [1.29, 1.82) is 0 Å². The Morgan fingerprint density at radius 1 is 0.929 bits per heavy atom. The van der Waals surface area contributed by atoms with Crippen molar-refractivity contribution in [1.82, 2.24) is 19.7 Å². The van der Waals surface area contributed by atoms with Gasteiger partial charge in [-0.1, -0.05) is 19.6 Å². The van der Waals surface area contributed by atoms with Gasteiger partial charge in [-0.05, 0) is 41.4 Å². The van der Waals surface area contributed by atoms with Crippen LogP contribution in [0, 0.1) is 23.3 Å². The highest BCUT2D eigenvalue weighted by atomic mass is 28.3. The molecule has 0 radical (unpaired) electrons. The van der Waals surface area contributed by atoms with Crippen LogP contribution in [0.4, 0.5) is 29.1 Å². The predicted octanol–water partition coefficient (Wildman–Crippen LogP) is 5.05. The first-order valence-electron chi connectivity index (χ1n) is 13.0. The van der Waals surface area contributed by atoms with Crippen LogP contribution in [0.5, 0.6) is 0 Å². The molecule has 0 aliphatic heterocycles. The molecule has 42 heavy (non-hydrogen) atoms. The number of nitrogens with two attached hydrogens (primary N) is 1. The summed E-state index contributed by atoms with van der Waals surface area (Å²) < 4.78 is 62.7. The number of aromatic nitrogens is 3. The van der Waals surface area contributed by atoms with E-state index in [9.17, 15) is 27.2 Å². The Labute approximate surface area is 240 Å². The van der Waals surface area contributed by atoms with E-state index in [0.717, 1.165) is 35.2 Å². The summed E-state index contributed by atoms with van der Waals surface area (Å²) in [5.41, 5.74) is 6.52. The molecule has 2 heterocycles. The third-order valence-corrected chi connectivity index (χ3v) is 7.94. The SMILES string of the molecule is C[Si](C)(C)CCOCn1ncc2c(N)ncc(NC(=O)C(=O)N(Cc3cc(F)cc(F)c3)Cc3cc(F)cc(F)c3)c21. The highest BCUT2D eigenvalue weighted by Gasteiger charge is 2.25. The molecule has 0 saturated heterocycles. The van der Waals surface area contributed by atoms with E-state index in [4.69, 9.17) is 10.5 Å². The van der Waals surface area contributed by atoms with Crippen molar-refractivity contribution >= 4 is 42.3 Å². The molecule has 0 saturated carbocycles. The van der Waals surface area contributed by atoms with Gasteiger partial charge in [0.1, 0.15) is 35.8 Å². The van der Waals surface area contributed by atoms with E-state index in [0.29, 0.717) is 29.6 Å². The smallest absolute Gasteiger partial charge is 0.314 e. The molecule has 0 aliphatic rings. The fraction of sp³-hybridized carbons (Fsp3) is 0.286. The van der Waals surface area contributed by atoms with E-state index in [2.05, 4.69) is 35.0 Å². The first-order chi connectivity index (χ1) is 19.8. The number of hydrogen-bond donors (Lipinski definition) is 2.